The zero-order valence-electron chi connectivity index (χ0n) is 15.2. The Morgan fingerprint density at radius 1 is 1.23 bits per heavy atom. The highest BCUT2D eigenvalue weighted by atomic mass is 16.5. The summed E-state index contributed by atoms with van der Waals surface area (Å²) >= 11 is 0. The van der Waals surface area contributed by atoms with Crippen LogP contribution < -0.4 is 15.4 Å². The third-order valence-electron chi connectivity index (χ3n) is 4.53. The molecule has 2 unspecified atom stereocenters. The van der Waals surface area contributed by atoms with Gasteiger partial charge in [0.15, 0.2) is 0 Å². The first-order valence-electron chi connectivity index (χ1n) is 8.77. The highest BCUT2D eigenvalue weighted by Gasteiger charge is 2.23. The number of hydrogen-bond donors (Lipinski definition) is 3. The van der Waals surface area contributed by atoms with E-state index in [0.29, 0.717) is 11.4 Å². The molecule has 2 amide bonds. The number of urea groups is 1. The number of para-hydroxylation sites is 2. The van der Waals surface area contributed by atoms with Gasteiger partial charge in [0, 0.05) is 11.8 Å². The maximum atomic E-state index is 12.5. The monoisotopic (exact) mass is 352 g/mol. The minimum Gasteiger partial charge on any atom is -0.497 e. The van der Waals surface area contributed by atoms with Gasteiger partial charge >= 0.3 is 6.03 Å². The lowest BCUT2D eigenvalue weighted by molar-refractivity contribution is 0.242. The Balaban J connectivity index is 1.78. The van der Waals surface area contributed by atoms with E-state index in [1.807, 2.05) is 42.5 Å². The molecule has 0 spiro atoms. The molecule has 3 N–H and O–H groups in total. The highest BCUT2D eigenvalue weighted by Crippen LogP contribution is 2.25. The summed E-state index contributed by atoms with van der Waals surface area (Å²) < 4.78 is 5.19. The van der Waals surface area contributed by atoms with E-state index in [4.69, 9.17) is 4.74 Å². The summed E-state index contributed by atoms with van der Waals surface area (Å²) in [4.78, 5) is 20.5. The van der Waals surface area contributed by atoms with E-state index >= 15 is 0 Å². The van der Waals surface area contributed by atoms with Crippen LogP contribution in [0.1, 0.15) is 32.1 Å². The average molecular weight is 352 g/mol. The lowest BCUT2D eigenvalue weighted by atomic mass is 9.99. The number of methoxy groups -OCH3 is 1. The molecule has 1 heterocycles. The first-order chi connectivity index (χ1) is 12.6. The number of carbonyl (C=O) groups excluding carboxylic acids is 1. The molecule has 3 aromatic rings. The molecule has 2 atom stereocenters. The van der Waals surface area contributed by atoms with Crippen molar-refractivity contribution in [2.45, 2.75) is 26.3 Å². The average Bonchev–Trinajstić information content (AvgIpc) is 3.09. The SMILES string of the molecule is CCC(C)C(NC(=O)Nc1cccc(OC)c1)c1nc2ccccc2[nH]1. The number of hydrogen-bond acceptors (Lipinski definition) is 3. The van der Waals surface area contributed by atoms with Gasteiger partial charge < -0.3 is 20.4 Å². The summed E-state index contributed by atoms with van der Waals surface area (Å²) in [6.07, 6.45) is 0.918. The summed E-state index contributed by atoms with van der Waals surface area (Å²) in [5, 5.41) is 5.90. The Bertz CT molecular complexity index is 857. The van der Waals surface area contributed by atoms with Crippen LogP contribution in [0.15, 0.2) is 48.5 Å². The van der Waals surface area contributed by atoms with Crippen LogP contribution in [0.3, 0.4) is 0 Å². The second-order valence-corrected chi connectivity index (χ2v) is 6.33. The van der Waals surface area contributed by atoms with Crippen molar-refractivity contribution in [2.24, 2.45) is 5.92 Å². The third kappa shape index (κ3) is 3.96. The van der Waals surface area contributed by atoms with Gasteiger partial charge in [-0.25, -0.2) is 9.78 Å². The van der Waals surface area contributed by atoms with E-state index in [1.54, 1.807) is 13.2 Å². The lowest BCUT2D eigenvalue weighted by Crippen LogP contribution is -2.36. The van der Waals surface area contributed by atoms with Gasteiger partial charge in [-0.3, -0.25) is 0 Å². The molecule has 0 fully saturated rings. The number of fused-ring (bicyclic) bond motifs is 1. The molecule has 0 aliphatic carbocycles. The number of nitrogens with zero attached hydrogens (tertiary/aromatic N) is 1. The van der Waals surface area contributed by atoms with E-state index < -0.39 is 0 Å². The van der Waals surface area contributed by atoms with Gasteiger partial charge in [-0.15, -0.1) is 0 Å². The van der Waals surface area contributed by atoms with Crippen LogP contribution in [0.5, 0.6) is 5.75 Å². The Kier molecular flexibility index (Phi) is 5.41. The minimum atomic E-state index is -0.274. The molecule has 0 aliphatic heterocycles. The topological polar surface area (TPSA) is 79.0 Å². The fourth-order valence-corrected chi connectivity index (χ4v) is 2.84. The second-order valence-electron chi connectivity index (χ2n) is 6.33. The summed E-state index contributed by atoms with van der Waals surface area (Å²) in [5.41, 5.74) is 2.53. The predicted molar refractivity (Wildman–Crippen MR) is 103 cm³/mol. The Hall–Kier alpha value is -3.02. The van der Waals surface area contributed by atoms with E-state index in [0.717, 1.165) is 23.3 Å². The van der Waals surface area contributed by atoms with Crippen LogP contribution in [0.4, 0.5) is 10.5 Å². The van der Waals surface area contributed by atoms with Crippen molar-refractivity contribution in [1.29, 1.82) is 0 Å². The number of aromatic nitrogens is 2. The Morgan fingerprint density at radius 2 is 2.04 bits per heavy atom. The number of amides is 2. The number of nitrogens with one attached hydrogen (secondary N) is 3. The third-order valence-corrected chi connectivity index (χ3v) is 4.53. The summed E-state index contributed by atoms with van der Waals surface area (Å²) in [5.74, 6) is 1.69. The largest absolute Gasteiger partial charge is 0.497 e. The van der Waals surface area contributed by atoms with Crippen molar-refractivity contribution >= 4 is 22.8 Å². The molecule has 26 heavy (non-hydrogen) atoms. The van der Waals surface area contributed by atoms with Crippen molar-refractivity contribution in [1.82, 2.24) is 15.3 Å². The molecule has 136 valence electrons. The fourth-order valence-electron chi connectivity index (χ4n) is 2.84. The highest BCUT2D eigenvalue weighted by molar-refractivity contribution is 5.89. The number of anilines is 1. The molecule has 0 bridgehead atoms. The molecular formula is C20H24N4O2. The molecule has 0 saturated carbocycles. The van der Waals surface area contributed by atoms with Gasteiger partial charge in [0.05, 0.1) is 24.2 Å². The lowest BCUT2D eigenvalue weighted by Gasteiger charge is -2.22. The van der Waals surface area contributed by atoms with Crippen LogP contribution in [-0.4, -0.2) is 23.1 Å². The van der Waals surface area contributed by atoms with E-state index in [2.05, 4.69) is 34.4 Å². The molecular weight excluding hydrogens is 328 g/mol. The van der Waals surface area contributed by atoms with Gasteiger partial charge in [0.1, 0.15) is 11.6 Å². The summed E-state index contributed by atoms with van der Waals surface area (Å²) in [7, 11) is 1.60. The number of carbonyl (C=O) groups is 1. The molecule has 0 radical (unpaired) electrons. The van der Waals surface area contributed by atoms with Crippen molar-refractivity contribution in [3.63, 3.8) is 0 Å². The summed E-state index contributed by atoms with van der Waals surface area (Å²) in [6, 6.07) is 14.6. The number of rotatable bonds is 6. The maximum Gasteiger partial charge on any atom is 0.319 e. The van der Waals surface area contributed by atoms with Crippen LogP contribution in [0.25, 0.3) is 11.0 Å². The van der Waals surface area contributed by atoms with Crippen LogP contribution in [0.2, 0.25) is 0 Å². The zero-order chi connectivity index (χ0) is 18.5. The van der Waals surface area contributed by atoms with E-state index in [9.17, 15) is 4.79 Å². The van der Waals surface area contributed by atoms with Gasteiger partial charge in [-0.2, -0.15) is 0 Å². The second kappa shape index (κ2) is 7.91. The molecule has 6 nitrogen and oxygen atoms in total. The first-order valence-corrected chi connectivity index (χ1v) is 8.77. The van der Waals surface area contributed by atoms with Crippen LogP contribution >= 0.6 is 0 Å². The van der Waals surface area contributed by atoms with E-state index in [1.165, 1.54) is 0 Å². The van der Waals surface area contributed by atoms with Crippen molar-refractivity contribution < 1.29 is 9.53 Å². The maximum absolute atomic E-state index is 12.5. The molecule has 0 saturated heterocycles. The molecule has 3 rings (SSSR count). The van der Waals surface area contributed by atoms with Gasteiger partial charge in [-0.05, 0) is 30.2 Å². The quantitative estimate of drug-likeness (QED) is 0.612. The molecule has 6 heteroatoms. The van der Waals surface area contributed by atoms with Crippen LogP contribution in [-0.2, 0) is 0 Å². The predicted octanol–water partition coefficient (Wildman–Crippen LogP) is 4.48. The molecule has 0 aliphatic rings. The normalized spacial score (nSPS) is 13.2. The van der Waals surface area contributed by atoms with Gasteiger partial charge in [0.2, 0.25) is 0 Å². The number of ether oxygens (including phenoxy) is 1. The Morgan fingerprint density at radius 3 is 2.77 bits per heavy atom. The fraction of sp³-hybridized carbons (Fsp3) is 0.300. The van der Waals surface area contributed by atoms with Gasteiger partial charge in [0.25, 0.3) is 0 Å². The standard InChI is InChI=1S/C20H24N4O2/c1-4-13(2)18(19-22-16-10-5-6-11-17(16)23-19)24-20(25)21-14-8-7-9-15(12-14)26-3/h5-13,18H,4H2,1-3H3,(H,22,23)(H2,21,24,25). The van der Waals surface area contributed by atoms with Crippen molar-refractivity contribution in [2.75, 3.05) is 12.4 Å². The smallest absolute Gasteiger partial charge is 0.319 e. The van der Waals surface area contributed by atoms with Crippen molar-refractivity contribution in [3.8, 4) is 5.75 Å². The number of imidazole rings is 1. The number of benzene rings is 2. The minimum absolute atomic E-state index is 0.210. The van der Waals surface area contributed by atoms with Gasteiger partial charge in [-0.1, -0.05) is 38.5 Å². The molecule has 1 aromatic heterocycles. The van der Waals surface area contributed by atoms with Crippen LogP contribution in [0, 0.1) is 5.92 Å². The zero-order valence-corrected chi connectivity index (χ0v) is 15.2. The van der Waals surface area contributed by atoms with Crippen molar-refractivity contribution in [3.05, 3.63) is 54.4 Å². The van der Waals surface area contributed by atoms with E-state index in [-0.39, 0.29) is 18.0 Å². The molecule has 2 aromatic carbocycles. The first kappa shape index (κ1) is 17.8. The number of H-pyrrole nitrogens is 1. The Labute approximate surface area is 153 Å². The number of aromatic amines is 1. The summed E-state index contributed by atoms with van der Waals surface area (Å²) in [6.45, 7) is 4.20.